The molecule has 30 heavy (non-hydrogen) atoms. The first-order chi connectivity index (χ1) is 14.4. The molecule has 3 aromatic rings. The Morgan fingerprint density at radius 2 is 2.07 bits per heavy atom. The number of aromatic nitrogens is 4. The summed E-state index contributed by atoms with van der Waals surface area (Å²) in [6.07, 6.45) is 4.62. The van der Waals surface area contributed by atoms with E-state index >= 15 is 0 Å². The molecule has 4 heterocycles. The van der Waals surface area contributed by atoms with Crippen LogP contribution in [-0.2, 0) is 9.59 Å². The van der Waals surface area contributed by atoms with Gasteiger partial charge in [0.2, 0.25) is 0 Å². The number of primary amides is 1. The molecule has 1 aliphatic heterocycles. The Morgan fingerprint density at radius 1 is 1.23 bits per heavy atom. The highest BCUT2D eigenvalue weighted by molar-refractivity contribution is 6.39. The van der Waals surface area contributed by atoms with Crippen LogP contribution in [0.4, 0.5) is 5.82 Å². The van der Waals surface area contributed by atoms with Crippen molar-refractivity contribution in [1.82, 2.24) is 25.1 Å². The van der Waals surface area contributed by atoms with E-state index in [4.69, 9.17) is 5.73 Å². The third-order valence-electron chi connectivity index (χ3n) is 5.24. The number of likely N-dealkylation sites (tertiary alicyclic amines) is 1. The molecule has 0 radical (unpaired) electrons. The fourth-order valence-electron chi connectivity index (χ4n) is 3.71. The second kappa shape index (κ2) is 7.90. The van der Waals surface area contributed by atoms with Crippen LogP contribution in [0.5, 0.6) is 0 Å². The van der Waals surface area contributed by atoms with Gasteiger partial charge in [-0.1, -0.05) is 6.92 Å². The lowest BCUT2D eigenvalue weighted by molar-refractivity contribution is -0.146. The van der Waals surface area contributed by atoms with Crippen LogP contribution in [0.15, 0.2) is 36.7 Å². The van der Waals surface area contributed by atoms with Crippen molar-refractivity contribution in [3.8, 4) is 0 Å². The fraction of sp³-hybridized carbons (Fsp3) is 0.300. The van der Waals surface area contributed by atoms with E-state index in [1.54, 1.807) is 6.20 Å². The summed E-state index contributed by atoms with van der Waals surface area (Å²) in [6, 6.07) is 6.32. The highest BCUT2D eigenvalue weighted by atomic mass is 16.2. The molecule has 0 bridgehead atoms. The Labute approximate surface area is 171 Å². The minimum Gasteiger partial charge on any atom is -0.365 e. The molecule has 1 aliphatic rings. The number of anilines is 1. The van der Waals surface area contributed by atoms with E-state index in [0.717, 1.165) is 11.9 Å². The van der Waals surface area contributed by atoms with Crippen molar-refractivity contribution in [3.05, 3.63) is 47.9 Å². The Hall–Kier alpha value is -3.82. The van der Waals surface area contributed by atoms with E-state index in [1.807, 2.05) is 19.1 Å². The summed E-state index contributed by atoms with van der Waals surface area (Å²) in [5, 5.41) is 9.25. The van der Waals surface area contributed by atoms with E-state index in [9.17, 15) is 14.4 Å². The second-order valence-electron chi connectivity index (χ2n) is 7.41. The largest absolute Gasteiger partial charge is 0.365 e. The number of carbonyl (C=O) groups is 3. The first-order valence-corrected chi connectivity index (χ1v) is 9.61. The van der Waals surface area contributed by atoms with Crippen LogP contribution in [0.25, 0.3) is 11.0 Å². The van der Waals surface area contributed by atoms with E-state index in [0.29, 0.717) is 24.2 Å². The van der Waals surface area contributed by atoms with Crippen molar-refractivity contribution in [2.45, 2.75) is 25.8 Å². The third kappa shape index (κ3) is 3.71. The summed E-state index contributed by atoms with van der Waals surface area (Å²) in [6.45, 7) is 2.46. The molecule has 154 valence electrons. The van der Waals surface area contributed by atoms with Gasteiger partial charge in [0.25, 0.3) is 5.91 Å². The molecule has 0 aliphatic carbocycles. The summed E-state index contributed by atoms with van der Waals surface area (Å²) in [4.78, 5) is 47.4. The van der Waals surface area contributed by atoms with Crippen LogP contribution >= 0.6 is 0 Å². The molecule has 4 N–H and O–H groups in total. The molecule has 3 amide bonds. The maximum Gasteiger partial charge on any atom is 0.315 e. The zero-order valence-corrected chi connectivity index (χ0v) is 16.3. The predicted molar refractivity (Wildman–Crippen MR) is 108 cm³/mol. The number of H-pyrrole nitrogens is 1. The zero-order valence-electron chi connectivity index (χ0n) is 16.3. The molecule has 3 aromatic heterocycles. The monoisotopic (exact) mass is 407 g/mol. The van der Waals surface area contributed by atoms with Gasteiger partial charge in [-0.2, -0.15) is 5.10 Å². The molecular formula is C20H21N7O3. The van der Waals surface area contributed by atoms with Crippen molar-refractivity contribution >= 4 is 34.6 Å². The maximum absolute atomic E-state index is 13.1. The number of aromatic amines is 1. The Balaban J connectivity index is 1.59. The molecule has 10 heteroatoms. The second-order valence-corrected chi connectivity index (χ2v) is 7.41. The summed E-state index contributed by atoms with van der Waals surface area (Å²) < 4.78 is 0. The highest BCUT2D eigenvalue weighted by Gasteiger charge is 2.35. The van der Waals surface area contributed by atoms with Gasteiger partial charge in [0.1, 0.15) is 11.3 Å². The van der Waals surface area contributed by atoms with Gasteiger partial charge in [-0.05, 0) is 43.0 Å². The molecule has 0 aromatic carbocycles. The molecule has 0 spiro atoms. The Bertz CT molecular complexity index is 1130. The van der Waals surface area contributed by atoms with Crippen LogP contribution in [0.3, 0.4) is 0 Å². The first kappa shape index (κ1) is 19.5. The van der Waals surface area contributed by atoms with Gasteiger partial charge in [-0.15, -0.1) is 0 Å². The molecule has 2 atom stereocenters. The van der Waals surface area contributed by atoms with Crippen molar-refractivity contribution in [3.63, 3.8) is 0 Å². The number of amides is 3. The number of piperidine rings is 1. The number of nitrogens with zero attached hydrogens (tertiary/aromatic N) is 4. The summed E-state index contributed by atoms with van der Waals surface area (Å²) in [5.74, 6) is -2.12. The quantitative estimate of drug-likeness (QED) is 0.559. The van der Waals surface area contributed by atoms with Gasteiger partial charge < -0.3 is 16.0 Å². The predicted octanol–water partition coefficient (Wildman–Crippen LogP) is 1.39. The smallest absolute Gasteiger partial charge is 0.315 e. The van der Waals surface area contributed by atoms with Crippen molar-refractivity contribution in [2.75, 3.05) is 11.9 Å². The van der Waals surface area contributed by atoms with Crippen LogP contribution in [0.1, 0.15) is 41.9 Å². The molecule has 1 saturated heterocycles. The van der Waals surface area contributed by atoms with E-state index in [1.165, 1.54) is 23.2 Å². The van der Waals surface area contributed by atoms with Crippen molar-refractivity contribution < 1.29 is 14.4 Å². The first-order valence-electron chi connectivity index (χ1n) is 9.61. The summed E-state index contributed by atoms with van der Waals surface area (Å²) >= 11 is 0. The SMILES string of the molecule is C[C@H]1CC[C@H](c2ccc3[nH]ncc3n2)N(C(=O)C(=O)Nc2ncccc2C(N)=O)C1. The number of hydrogen-bond acceptors (Lipinski definition) is 6. The normalized spacial score (nSPS) is 18.9. The fourth-order valence-corrected chi connectivity index (χ4v) is 3.71. The third-order valence-corrected chi connectivity index (χ3v) is 5.24. The lowest BCUT2D eigenvalue weighted by Gasteiger charge is -2.37. The lowest BCUT2D eigenvalue weighted by Crippen LogP contribution is -2.46. The molecule has 1 fully saturated rings. The zero-order chi connectivity index (χ0) is 21.3. The minimum atomic E-state index is -0.875. The van der Waals surface area contributed by atoms with Crippen LogP contribution in [-0.4, -0.2) is 49.3 Å². The molecular weight excluding hydrogens is 386 g/mol. The molecule has 0 saturated carbocycles. The standard InChI is InChI=1S/C20H21N7O3/c1-11-4-7-16(14-6-5-13-15(24-14)9-23-26-13)27(10-11)20(30)19(29)25-18-12(17(21)28)3-2-8-22-18/h2-3,5-6,8-9,11,16H,4,7,10H2,1H3,(H2,21,28)(H,23,26)(H,22,25,29)/t11-,16+/m0/s1. The van der Waals surface area contributed by atoms with Gasteiger partial charge in [0.15, 0.2) is 0 Å². The van der Waals surface area contributed by atoms with E-state index in [2.05, 4.69) is 25.5 Å². The molecule has 4 rings (SSSR count). The average Bonchev–Trinajstić information content (AvgIpc) is 3.21. The van der Waals surface area contributed by atoms with Crippen LogP contribution < -0.4 is 11.1 Å². The molecule has 0 unspecified atom stereocenters. The van der Waals surface area contributed by atoms with Gasteiger partial charge in [0.05, 0.1) is 29.0 Å². The number of nitrogens with two attached hydrogens (primary N) is 1. The van der Waals surface area contributed by atoms with Crippen molar-refractivity contribution in [2.24, 2.45) is 11.7 Å². The highest BCUT2D eigenvalue weighted by Crippen LogP contribution is 2.33. The maximum atomic E-state index is 13.1. The number of fused-ring (bicyclic) bond motifs is 1. The van der Waals surface area contributed by atoms with Crippen LogP contribution in [0, 0.1) is 5.92 Å². The minimum absolute atomic E-state index is 0.0364. The number of nitrogens with one attached hydrogen (secondary N) is 2. The molecule has 10 nitrogen and oxygen atoms in total. The van der Waals surface area contributed by atoms with Gasteiger partial charge >= 0.3 is 11.8 Å². The van der Waals surface area contributed by atoms with Gasteiger partial charge in [-0.25, -0.2) is 9.97 Å². The van der Waals surface area contributed by atoms with Gasteiger partial charge in [-0.3, -0.25) is 19.5 Å². The van der Waals surface area contributed by atoms with E-state index in [-0.39, 0.29) is 23.3 Å². The number of carbonyl (C=O) groups excluding carboxylic acids is 3. The van der Waals surface area contributed by atoms with Crippen LogP contribution in [0.2, 0.25) is 0 Å². The van der Waals surface area contributed by atoms with Crippen molar-refractivity contribution in [1.29, 1.82) is 0 Å². The Kier molecular flexibility index (Phi) is 5.13. The lowest BCUT2D eigenvalue weighted by atomic mass is 9.92. The van der Waals surface area contributed by atoms with Gasteiger partial charge in [0, 0.05) is 12.7 Å². The summed E-state index contributed by atoms with van der Waals surface area (Å²) in [7, 11) is 0. The summed E-state index contributed by atoms with van der Waals surface area (Å²) in [5.41, 5.74) is 7.55. The average molecular weight is 407 g/mol. The number of hydrogen-bond donors (Lipinski definition) is 3. The number of rotatable bonds is 3. The number of pyridine rings is 2. The Morgan fingerprint density at radius 3 is 2.87 bits per heavy atom. The topological polar surface area (TPSA) is 147 Å². The van der Waals surface area contributed by atoms with E-state index < -0.39 is 17.7 Å².